The fraction of sp³-hybridized carbons (Fsp3) is 0.923. The molecule has 3 N–H and O–H groups in total. The standard InChI is InChI=1S/C13H26N2O2S/c1-13(10-17-9-11(13)14)12(16)15-7-5-3-4-6-8-18-2/h11H,3-10,14H2,1-2H3,(H,15,16). The molecule has 0 aliphatic carbocycles. The minimum Gasteiger partial charge on any atom is -0.379 e. The summed E-state index contributed by atoms with van der Waals surface area (Å²) in [6.07, 6.45) is 6.88. The van der Waals surface area contributed by atoms with Gasteiger partial charge in [-0.25, -0.2) is 0 Å². The van der Waals surface area contributed by atoms with Crippen LogP contribution >= 0.6 is 11.8 Å². The van der Waals surface area contributed by atoms with Crippen molar-refractivity contribution >= 4 is 17.7 Å². The van der Waals surface area contributed by atoms with Crippen molar-refractivity contribution in [1.29, 1.82) is 0 Å². The van der Waals surface area contributed by atoms with Crippen molar-refractivity contribution in [2.75, 3.05) is 31.8 Å². The van der Waals surface area contributed by atoms with Gasteiger partial charge in [0, 0.05) is 12.6 Å². The van der Waals surface area contributed by atoms with Crippen molar-refractivity contribution in [2.24, 2.45) is 11.1 Å². The first-order valence-corrected chi connectivity index (χ1v) is 8.11. The highest BCUT2D eigenvalue weighted by molar-refractivity contribution is 7.98. The van der Waals surface area contributed by atoms with E-state index in [1.165, 1.54) is 25.0 Å². The number of ether oxygens (including phenoxy) is 1. The molecule has 18 heavy (non-hydrogen) atoms. The van der Waals surface area contributed by atoms with Crippen LogP contribution in [0.1, 0.15) is 32.6 Å². The van der Waals surface area contributed by atoms with E-state index in [-0.39, 0.29) is 11.9 Å². The number of thioether (sulfide) groups is 1. The first-order valence-electron chi connectivity index (χ1n) is 6.72. The largest absolute Gasteiger partial charge is 0.379 e. The van der Waals surface area contributed by atoms with E-state index in [0.717, 1.165) is 13.0 Å². The number of hydrogen-bond donors (Lipinski definition) is 2. The second kappa shape index (κ2) is 8.02. The molecule has 0 aromatic rings. The van der Waals surface area contributed by atoms with Crippen molar-refractivity contribution in [1.82, 2.24) is 5.32 Å². The number of nitrogens with one attached hydrogen (secondary N) is 1. The maximum Gasteiger partial charge on any atom is 0.229 e. The summed E-state index contributed by atoms with van der Waals surface area (Å²) in [5.74, 6) is 1.27. The molecule has 2 unspecified atom stereocenters. The van der Waals surface area contributed by atoms with Crippen LogP contribution in [0.3, 0.4) is 0 Å². The predicted molar refractivity (Wildman–Crippen MR) is 76.8 cm³/mol. The van der Waals surface area contributed by atoms with Gasteiger partial charge in [0.25, 0.3) is 0 Å². The van der Waals surface area contributed by atoms with Gasteiger partial charge in [0.15, 0.2) is 0 Å². The maximum absolute atomic E-state index is 12.0. The Morgan fingerprint density at radius 1 is 1.44 bits per heavy atom. The third kappa shape index (κ3) is 4.44. The van der Waals surface area contributed by atoms with E-state index >= 15 is 0 Å². The molecule has 0 radical (unpaired) electrons. The molecule has 5 heteroatoms. The molecule has 0 spiro atoms. The van der Waals surface area contributed by atoms with Gasteiger partial charge in [0.1, 0.15) is 0 Å². The third-order valence-electron chi connectivity index (χ3n) is 3.60. The number of amides is 1. The Bertz CT molecular complexity index is 263. The average Bonchev–Trinajstić information content (AvgIpc) is 2.69. The predicted octanol–water partition coefficient (Wildman–Crippen LogP) is 1.39. The Morgan fingerprint density at radius 3 is 2.78 bits per heavy atom. The molecule has 1 saturated heterocycles. The Kier molecular flexibility index (Phi) is 7.04. The van der Waals surface area contributed by atoms with Crippen LogP contribution in [-0.2, 0) is 9.53 Å². The SMILES string of the molecule is CSCCCCCCNC(=O)C1(C)COCC1N. The molecule has 106 valence electrons. The van der Waals surface area contributed by atoms with Gasteiger partial charge in [-0.1, -0.05) is 12.8 Å². The topological polar surface area (TPSA) is 64.3 Å². The van der Waals surface area contributed by atoms with Crippen molar-refractivity contribution in [2.45, 2.75) is 38.6 Å². The lowest BCUT2D eigenvalue weighted by Gasteiger charge is -2.25. The summed E-state index contributed by atoms with van der Waals surface area (Å²) in [4.78, 5) is 12.0. The fourth-order valence-corrected chi connectivity index (χ4v) is 2.54. The van der Waals surface area contributed by atoms with Gasteiger partial charge in [0.2, 0.25) is 5.91 Å². The van der Waals surface area contributed by atoms with Gasteiger partial charge >= 0.3 is 0 Å². The summed E-state index contributed by atoms with van der Waals surface area (Å²) >= 11 is 1.89. The van der Waals surface area contributed by atoms with E-state index in [2.05, 4.69) is 11.6 Å². The Hall–Kier alpha value is -0.260. The lowest BCUT2D eigenvalue weighted by atomic mass is 9.85. The lowest BCUT2D eigenvalue weighted by molar-refractivity contribution is -0.130. The molecule has 4 nitrogen and oxygen atoms in total. The van der Waals surface area contributed by atoms with Gasteiger partial charge in [-0.05, 0) is 31.8 Å². The summed E-state index contributed by atoms with van der Waals surface area (Å²) in [5.41, 5.74) is 5.37. The monoisotopic (exact) mass is 274 g/mol. The highest BCUT2D eigenvalue weighted by Crippen LogP contribution is 2.26. The molecule has 0 aromatic carbocycles. The first kappa shape index (κ1) is 15.8. The summed E-state index contributed by atoms with van der Waals surface area (Å²) in [5, 5.41) is 2.98. The molecule has 2 atom stereocenters. The van der Waals surface area contributed by atoms with E-state index in [1.54, 1.807) is 0 Å². The summed E-state index contributed by atoms with van der Waals surface area (Å²) in [7, 11) is 0. The number of hydrogen-bond acceptors (Lipinski definition) is 4. The number of carbonyl (C=O) groups is 1. The molecule has 1 rings (SSSR count). The number of unbranched alkanes of at least 4 members (excludes halogenated alkanes) is 3. The van der Waals surface area contributed by atoms with Crippen LogP contribution < -0.4 is 11.1 Å². The molecule has 0 bridgehead atoms. The maximum atomic E-state index is 12.0. The number of nitrogens with two attached hydrogens (primary N) is 1. The first-order chi connectivity index (χ1) is 8.61. The van der Waals surface area contributed by atoms with Crippen molar-refractivity contribution in [3.63, 3.8) is 0 Å². The zero-order valence-corrected chi connectivity index (χ0v) is 12.4. The highest BCUT2D eigenvalue weighted by atomic mass is 32.2. The van der Waals surface area contributed by atoms with Gasteiger partial charge in [0.05, 0.1) is 18.6 Å². The molecule has 1 aliphatic heterocycles. The van der Waals surface area contributed by atoms with E-state index in [1.807, 2.05) is 18.7 Å². The van der Waals surface area contributed by atoms with E-state index < -0.39 is 5.41 Å². The summed E-state index contributed by atoms with van der Waals surface area (Å²) in [6.45, 7) is 3.56. The van der Waals surface area contributed by atoms with Crippen molar-refractivity contribution < 1.29 is 9.53 Å². The second-order valence-electron chi connectivity index (χ2n) is 5.20. The van der Waals surface area contributed by atoms with Crippen LogP contribution in [0.4, 0.5) is 0 Å². The molecule has 1 heterocycles. The zero-order valence-electron chi connectivity index (χ0n) is 11.5. The van der Waals surface area contributed by atoms with Gasteiger partial charge in [-0.15, -0.1) is 0 Å². The zero-order chi connectivity index (χ0) is 13.4. The lowest BCUT2D eigenvalue weighted by Crippen LogP contribution is -2.50. The molecule has 0 saturated carbocycles. The molecule has 1 fully saturated rings. The fourth-order valence-electron chi connectivity index (χ4n) is 2.05. The minimum absolute atomic E-state index is 0.0385. The molecule has 1 aliphatic rings. The Labute approximate surface area is 114 Å². The van der Waals surface area contributed by atoms with E-state index in [9.17, 15) is 4.79 Å². The molecular formula is C13H26N2O2S. The number of carbonyl (C=O) groups excluding carboxylic acids is 1. The van der Waals surface area contributed by atoms with Crippen LogP contribution in [-0.4, -0.2) is 43.7 Å². The van der Waals surface area contributed by atoms with Gasteiger partial charge in [-0.2, -0.15) is 11.8 Å². The van der Waals surface area contributed by atoms with E-state index in [0.29, 0.717) is 13.2 Å². The normalized spacial score (nSPS) is 27.4. The van der Waals surface area contributed by atoms with Crippen LogP contribution in [0, 0.1) is 5.41 Å². The molecular weight excluding hydrogens is 248 g/mol. The smallest absolute Gasteiger partial charge is 0.229 e. The average molecular weight is 274 g/mol. The highest BCUT2D eigenvalue weighted by Gasteiger charge is 2.43. The molecule has 1 amide bonds. The number of rotatable bonds is 8. The molecule has 0 aromatic heterocycles. The van der Waals surface area contributed by atoms with Crippen LogP contribution in [0.2, 0.25) is 0 Å². The summed E-state index contributed by atoms with van der Waals surface area (Å²) < 4.78 is 5.28. The summed E-state index contributed by atoms with van der Waals surface area (Å²) in [6, 6.07) is -0.181. The Morgan fingerprint density at radius 2 is 2.17 bits per heavy atom. The minimum atomic E-state index is -0.543. The van der Waals surface area contributed by atoms with Crippen LogP contribution in [0.15, 0.2) is 0 Å². The third-order valence-corrected chi connectivity index (χ3v) is 4.29. The van der Waals surface area contributed by atoms with E-state index in [4.69, 9.17) is 10.5 Å². The van der Waals surface area contributed by atoms with Gasteiger partial charge in [-0.3, -0.25) is 4.79 Å². The van der Waals surface area contributed by atoms with Gasteiger partial charge < -0.3 is 15.8 Å². The van der Waals surface area contributed by atoms with Crippen molar-refractivity contribution in [3.8, 4) is 0 Å². The van der Waals surface area contributed by atoms with Crippen molar-refractivity contribution in [3.05, 3.63) is 0 Å². The second-order valence-corrected chi connectivity index (χ2v) is 6.19. The van der Waals surface area contributed by atoms with Crippen LogP contribution in [0.25, 0.3) is 0 Å². The quantitative estimate of drug-likeness (QED) is 0.657. The van der Waals surface area contributed by atoms with Crippen LogP contribution in [0.5, 0.6) is 0 Å². The Balaban J connectivity index is 2.10.